The fourth-order valence-electron chi connectivity index (χ4n) is 3.89. The number of thiophene rings is 1. The van der Waals surface area contributed by atoms with Crippen LogP contribution in [0.15, 0.2) is 30.3 Å². The molecule has 1 aliphatic carbocycles. The number of fused-ring (bicyclic) bond motifs is 1. The van der Waals surface area contributed by atoms with E-state index in [1.165, 1.54) is 17.8 Å². The average Bonchev–Trinajstić information content (AvgIpc) is 3.29. The first-order chi connectivity index (χ1) is 14.4. The number of aromatic nitrogens is 2. The van der Waals surface area contributed by atoms with Crippen molar-refractivity contribution in [2.45, 2.75) is 45.6 Å². The summed E-state index contributed by atoms with van der Waals surface area (Å²) in [6.45, 7) is 3.79. The lowest BCUT2D eigenvalue weighted by molar-refractivity contribution is -0.125. The molecule has 0 radical (unpaired) electrons. The van der Waals surface area contributed by atoms with Crippen LogP contribution in [0.25, 0.3) is 15.9 Å². The molecule has 1 saturated carbocycles. The van der Waals surface area contributed by atoms with Crippen molar-refractivity contribution >= 4 is 45.0 Å². The van der Waals surface area contributed by atoms with Gasteiger partial charge in [0.15, 0.2) is 6.61 Å². The number of rotatable bonds is 5. The molecule has 2 heterocycles. The van der Waals surface area contributed by atoms with Crippen molar-refractivity contribution in [2.75, 3.05) is 6.61 Å². The third kappa shape index (κ3) is 4.37. The number of nitrogens with one attached hydrogen (secondary N) is 1. The van der Waals surface area contributed by atoms with Crippen molar-refractivity contribution in [1.29, 1.82) is 0 Å². The fraction of sp³-hybridized carbons (Fsp3) is 0.409. The molecule has 8 heteroatoms. The minimum absolute atomic E-state index is 0.169. The molecule has 158 valence electrons. The van der Waals surface area contributed by atoms with Crippen LogP contribution in [0, 0.1) is 12.8 Å². The quantitative estimate of drug-likeness (QED) is 0.567. The van der Waals surface area contributed by atoms with Gasteiger partial charge in [-0.3, -0.25) is 4.79 Å². The second-order valence-corrected chi connectivity index (χ2v) is 9.28. The Morgan fingerprint density at radius 1 is 1.27 bits per heavy atom. The lowest BCUT2D eigenvalue weighted by Gasteiger charge is -2.29. The number of halogens is 1. The largest absolute Gasteiger partial charge is 0.451 e. The highest BCUT2D eigenvalue weighted by Crippen LogP contribution is 2.31. The second kappa shape index (κ2) is 8.78. The van der Waals surface area contributed by atoms with Gasteiger partial charge in [0.25, 0.3) is 5.91 Å². The van der Waals surface area contributed by atoms with Crippen molar-refractivity contribution in [3.8, 4) is 5.69 Å². The van der Waals surface area contributed by atoms with E-state index in [2.05, 4.69) is 17.3 Å². The third-order valence-electron chi connectivity index (χ3n) is 5.61. The number of amides is 1. The SMILES string of the molecule is Cc1nn(-c2ccc(Cl)cc2)c2sc(C(=O)OCC(=O)NC3CCCCC3C)cc12. The van der Waals surface area contributed by atoms with Crippen molar-refractivity contribution in [3.05, 3.63) is 45.9 Å². The Kier molecular flexibility index (Phi) is 6.11. The standard InChI is InChI=1S/C22H24ClN3O3S/c1-13-5-3-4-6-18(13)24-20(27)12-29-22(28)19-11-17-14(2)25-26(21(17)30-19)16-9-7-15(23)8-10-16/h7-11,13,18H,3-6,12H2,1-2H3,(H,24,27). The number of carbonyl (C=O) groups excluding carboxylic acids is 2. The molecule has 4 rings (SSSR count). The van der Waals surface area contributed by atoms with Crippen LogP contribution in [0.3, 0.4) is 0 Å². The van der Waals surface area contributed by atoms with Gasteiger partial charge in [-0.1, -0.05) is 31.4 Å². The Labute approximate surface area is 184 Å². The van der Waals surface area contributed by atoms with Crippen molar-refractivity contribution in [1.82, 2.24) is 15.1 Å². The molecule has 0 saturated heterocycles. The van der Waals surface area contributed by atoms with Gasteiger partial charge < -0.3 is 10.1 Å². The molecule has 1 amide bonds. The van der Waals surface area contributed by atoms with Gasteiger partial charge in [0.05, 0.1) is 11.4 Å². The number of esters is 1. The Bertz CT molecular complexity index is 1070. The van der Waals surface area contributed by atoms with E-state index in [-0.39, 0.29) is 18.6 Å². The predicted molar refractivity (Wildman–Crippen MR) is 119 cm³/mol. The van der Waals surface area contributed by atoms with Crippen molar-refractivity contribution in [2.24, 2.45) is 5.92 Å². The molecule has 6 nitrogen and oxygen atoms in total. The highest BCUT2D eigenvalue weighted by molar-refractivity contribution is 7.20. The zero-order chi connectivity index (χ0) is 21.3. The first-order valence-corrected chi connectivity index (χ1v) is 11.3. The molecule has 2 atom stereocenters. The normalized spacial score (nSPS) is 19.0. The van der Waals surface area contributed by atoms with E-state index in [0.29, 0.717) is 15.8 Å². The molecule has 1 aromatic carbocycles. The van der Waals surface area contributed by atoms with Gasteiger partial charge >= 0.3 is 5.97 Å². The topological polar surface area (TPSA) is 73.2 Å². The van der Waals surface area contributed by atoms with Crippen molar-refractivity contribution in [3.63, 3.8) is 0 Å². The van der Waals surface area contributed by atoms with Crippen LogP contribution in [0.2, 0.25) is 5.02 Å². The van der Waals surface area contributed by atoms with Crippen LogP contribution in [-0.4, -0.2) is 34.3 Å². The molecule has 1 aliphatic rings. The molecule has 30 heavy (non-hydrogen) atoms. The van der Waals surface area contributed by atoms with E-state index in [0.717, 1.165) is 40.9 Å². The maximum atomic E-state index is 12.5. The zero-order valence-electron chi connectivity index (χ0n) is 17.0. The van der Waals surface area contributed by atoms with Crippen LogP contribution >= 0.6 is 22.9 Å². The van der Waals surface area contributed by atoms with E-state index in [9.17, 15) is 9.59 Å². The monoisotopic (exact) mass is 445 g/mol. The van der Waals surface area contributed by atoms with E-state index in [1.807, 2.05) is 19.1 Å². The maximum Gasteiger partial charge on any atom is 0.348 e. The zero-order valence-corrected chi connectivity index (χ0v) is 18.6. The van der Waals surface area contributed by atoms with Gasteiger partial charge in [-0.2, -0.15) is 5.10 Å². The summed E-state index contributed by atoms with van der Waals surface area (Å²) in [6, 6.07) is 9.30. The van der Waals surface area contributed by atoms with Crippen LogP contribution in [0.4, 0.5) is 0 Å². The number of carbonyl (C=O) groups is 2. The molecule has 1 fully saturated rings. The summed E-state index contributed by atoms with van der Waals surface area (Å²) in [5, 5.41) is 9.11. The number of hydrogen-bond acceptors (Lipinski definition) is 5. The van der Waals surface area contributed by atoms with E-state index in [4.69, 9.17) is 16.3 Å². The van der Waals surface area contributed by atoms with Gasteiger partial charge in [-0.05, 0) is 56.0 Å². The second-order valence-electron chi connectivity index (χ2n) is 7.81. The van der Waals surface area contributed by atoms with Crippen molar-refractivity contribution < 1.29 is 14.3 Å². The van der Waals surface area contributed by atoms with Crippen LogP contribution in [0.1, 0.15) is 48.0 Å². The lowest BCUT2D eigenvalue weighted by Crippen LogP contribution is -2.42. The average molecular weight is 446 g/mol. The number of nitrogens with zero attached hydrogens (tertiary/aromatic N) is 2. The number of aryl methyl sites for hydroxylation is 1. The Morgan fingerprint density at radius 3 is 2.73 bits per heavy atom. The van der Waals surface area contributed by atoms with Crippen LogP contribution in [-0.2, 0) is 9.53 Å². The number of benzene rings is 1. The maximum absolute atomic E-state index is 12.5. The van der Waals surface area contributed by atoms with Crippen LogP contribution in [0.5, 0.6) is 0 Å². The highest BCUT2D eigenvalue weighted by Gasteiger charge is 2.24. The van der Waals surface area contributed by atoms with E-state index < -0.39 is 5.97 Å². The molecule has 0 bridgehead atoms. The molecule has 0 aliphatic heterocycles. The summed E-state index contributed by atoms with van der Waals surface area (Å²) in [7, 11) is 0. The summed E-state index contributed by atoms with van der Waals surface area (Å²) in [6.07, 6.45) is 4.44. The minimum Gasteiger partial charge on any atom is -0.451 e. The smallest absolute Gasteiger partial charge is 0.348 e. The summed E-state index contributed by atoms with van der Waals surface area (Å²) in [5.74, 6) is -0.281. The van der Waals surface area contributed by atoms with Gasteiger partial charge in [0.2, 0.25) is 0 Å². The van der Waals surface area contributed by atoms with E-state index >= 15 is 0 Å². The summed E-state index contributed by atoms with van der Waals surface area (Å²) >= 11 is 7.28. The molecule has 2 unspecified atom stereocenters. The molecular weight excluding hydrogens is 422 g/mol. The number of ether oxygens (including phenoxy) is 1. The third-order valence-corrected chi connectivity index (χ3v) is 6.95. The Morgan fingerprint density at radius 2 is 2.00 bits per heavy atom. The van der Waals surface area contributed by atoms with Gasteiger partial charge in [-0.15, -0.1) is 11.3 Å². The molecule has 0 spiro atoms. The molecule has 3 aromatic rings. The molecular formula is C22H24ClN3O3S. The molecule has 1 N–H and O–H groups in total. The summed E-state index contributed by atoms with van der Waals surface area (Å²) in [5.41, 5.74) is 1.68. The Balaban J connectivity index is 1.44. The van der Waals surface area contributed by atoms with Gasteiger partial charge in [0.1, 0.15) is 9.71 Å². The van der Waals surface area contributed by atoms with E-state index in [1.54, 1.807) is 22.9 Å². The van der Waals surface area contributed by atoms with Gasteiger partial charge in [-0.25, -0.2) is 9.48 Å². The molecule has 2 aromatic heterocycles. The number of hydrogen-bond donors (Lipinski definition) is 1. The lowest BCUT2D eigenvalue weighted by atomic mass is 9.86. The first-order valence-electron chi connectivity index (χ1n) is 10.1. The summed E-state index contributed by atoms with van der Waals surface area (Å²) in [4.78, 5) is 26.1. The first kappa shape index (κ1) is 20.9. The highest BCUT2D eigenvalue weighted by atomic mass is 35.5. The van der Waals surface area contributed by atoms with Crippen LogP contribution < -0.4 is 5.32 Å². The Hall–Kier alpha value is -2.38. The predicted octanol–water partition coefficient (Wildman–Crippen LogP) is 4.90. The minimum atomic E-state index is -0.495. The summed E-state index contributed by atoms with van der Waals surface area (Å²) < 4.78 is 7.07. The van der Waals surface area contributed by atoms with Gasteiger partial charge in [0, 0.05) is 16.5 Å². The fourth-order valence-corrected chi connectivity index (χ4v) is 5.09.